The van der Waals surface area contributed by atoms with E-state index in [9.17, 15) is 14.7 Å². The highest BCUT2D eigenvalue weighted by molar-refractivity contribution is 5.70. The van der Waals surface area contributed by atoms with Crippen LogP contribution in [0.5, 0.6) is 0 Å². The molecule has 0 aliphatic heterocycles. The van der Waals surface area contributed by atoms with E-state index in [1.165, 1.54) is 44.9 Å². The normalized spacial score (nSPS) is 12.2. The van der Waals surface area contributed by atoms with Crippen molar-refractivity contribution in [3.05, 3.63) is 12.2 Å². The second-order valence-electron chi connectivity index (χ2n) is 8.42. The summed E-state index contributed by atoms with van der Waals surface area (Å²) in [6.45, 7) is 3.96. The van der Waals surface area contributed by atoms with Gasteiger partial charge in [-0.25, -0.2) is 0 Å². The van der Waals surface area contributed by atoms with Crippen molar-refractivity contribution >= 4 is 11.9 Å². The highest BCUT2D eigenvalue weighted by Gasteiger charge is 2.15. The minimum atomic E-state index is -0.763. The molecule has 0 heterocycles. The highest BCUT2D eigenvalue weighted by atomic mass is 16.6. The van der Waals surface area contributed by atoms with Crippen LogP contribution >= 0.6 is 0 Å². The van der Waals surface area contributed by atoms with E-state index in [-0.39, 0.29) is 25.2 Å². The van der Waals surface area contributed by atoms with Crippen LogP contribution in [0.15, 0.2) is 12.2 Å². The Morgan fingerprint density at radius 2 is 1.19 bits per heavy atom. The Morgan fingerprint density at radius 1 is 0.710 bits per heavy atom. The van der Waals surface area contributed by atoms with E-state index in [0.29, 0.717) is 12.8 Å². The molecular weight excluding hydrogens is 392 g/mol. The van der Waals surface area contributed by atoms with Crippen molar-refractivity contribution in [3.8, 4) is 0 Å². The monoisotopic (exact) mass is 440 g/mol. The molecule has 0 aromatic rings. The third kappa shape index (κ3) is 21.7. The van der Waals surface area contributed by atoms with Crippen LogP contribution in [0.25, 0.3) is 0 Å². The molecule has 0 rings (SSSR count). The van der Waals surface area contributed by atoms with E-state index in [2.05, 4.69) is 26.0 Å². The second kappa shape index (κ2) is 23.3. The van der Waals surface area contributed by atoms with Crippen LogP contribution in [-0.4, -0.2) is 36.4 Å². The number of ether oxygens (including phenoxy) is 2. The van der Waals surface area contributed by atoms with Gasteiger partial charge in [-0.3, -0.25) is 9.59 Å². The lowest BCUT2D eigenvalue weighted by Gasteiger charge is -2.15. The molecule has 0 aromatic carbocycles. The van der Waals surface area contributed by atoms with Crippen molar-refractivity contribution in [2.45, 2.75) is 129 Å². The molecule has 0 amide bonds. The summed E-state index contributed by atoms with van der Waals surface area (Å²) in [5.41, 5.74) is 0. The first kappa shape index (κ1) is 29.6. The Bertz CT molecular complexity index is 447. The van der Waals surface area contributed by atoms with E-state index in [1.807, 2.05) is 0 Å². The van der Waals surface area contributed by atoms with Gasteiger partial charge in [-0.15, -0.1) is 0 Å². The Labute approximate surface area is 191 Å². The third-order valence-corrected chi connectivity index (χ3v) is 5.31. The Hall–Kier alpha value is -1.36. The van der Waals surface area contributed by atoms with Crippen molar-refractivity contribution in [3.63, 3.8) is 0 Å². The molecule has 0 spiro atoms. The molecule has 0 aliphatic carbocycles. The van der Waals surface area contributed by atoms with Crippen LogP contribution in [0, 0.1) is 0 Å². The summed E-state index contributed by atoms with van der Waals surface area (Å²) in [6, 6.07) is 0. The number of aliphatic hydroxyl groups excluding tert-OH is 1. The molecule has 1 atom stereocenters. The molecule has 0 aromatic heterocycles. The second-order valence-corrected chi connectivity index (χ2v) is 8.42. The number of aliphatic hydroxyl groups is 1. The van der Waals surface area contributed by atoms with Gasteiger partial charge in [0, 0.05) is 12.8 Å². The first-order chi connectivity index (χ1) is 15.1. The van der Waals surface area contributed by atoms with Gasteiger partial charge in [-0.1, -0.05) is 83.8 Å². The number of rotatable bonds is 22. The quantitative estimate of drug-likeness (QED) is 0.116. The molecule has 182 valence electrons. The molecule has 1 unspecified atom stereocenters. The van der Waals surface area contributed by atoms with Gasteiger partial charge in [0.25, 0.3) is 0 Å². The lowest BCUT2D eigenvalue weighted by molar-refractivity contribution is -0.161. The van der Waals surface area contributed by atoms with E-state index in [4.69, 9.17) is 9.47 Å². The van der Waals surface area contributed by atoms with Gasteiger partial charge < -0.3 is 14.6 Å². The molecule has 0 aliphatic rings. The zero-order valence-electron chi connectivity index (χ0n) is 20.2. The van der Waals surface area contributed by atoms with Gasteiger partial charge in [0.15, 0.2) is 6.10 Å². The molecule has 31 heavy (non-hydrogen) atoms. The van der Waals surface area contributed by atoms with Crippen molar-refractivity contribution in [2.75, 3.05) is 13.2 Å². The summed E-state index contributed by atoms with van der Waals surface area (Å²) < 4.78 is 10.3. The standard InChI is InChI=1S/C26H48O5/c1-3-5-7-9-10-11-12-13-14-15-16-17-19-21-26(29)31-24(22-27)23-30-25(28)20-18-8-6-4-2/h11-12,24,27H,3-10,13-23H2,1-2H3/b12-11-. The first-order valence-electron chi connectivity index (χ1n) is 12.7. The van der Waals surface area contributed by atoms with Crippen LogP contribution in [0.2, 0.25) is 0 Å². The maximum Gasteiger partial charge on any atom is 0.306 e. The number of carbonyl (C=O) groups is 2. The highest BCUT2D eigenvalue weighted by Crippen LogP contribution is 2.10. The van der Waals surface area contributed by atoms with E-state index in [0.717, 1.165) is 51.4 Å². The number of hydrogen-bond donors (Lipinski definition) is 1. The molecule has 5 nitrogen and oxygen atoms in total. The number of esters is 2. The lowest BCUT2D eigenvalue weighted by atomic mass is 10.1. The summed E-state index contributed by atoms with van der Waals surface area (Å²) >= 11 is 0. The lowest BCUT2D eigenvalue weighted by Crippen LogP contribution is -2.28. The molecule has 0 fully saturated rings. The van der Waals surface area contributed by atoms with Gasteiger partial charge in [-0.2, -0.15) is 0 Å². The topological polar surface area (TPSA) is 72.8 Å². The maximum atomic E-state index is 11.9. The van der Waals surface area contributed by atoms with Crippen LogP contribution in [0.3, 0.4) is 0 Å². The van der Waals surface area contributed by atoms with Crippen molar-refractivity contribution in [1.82, 2.24) is 0 Å². The van der Waals surface area contributed by atoms with E-state index < -0.39 is 6.10 Å². The third-order valence-electron chi connectivity index (χ3n) is 5.31. The fourth-order valence-electron chi connectivity index (χ4n) is 3.31. The Morgan fingerprint density at radius 3 is 1.77 bits per heavy atom. The van der Waals surface area contributed by atoms with Crippen molar-refractivity contribution in [1.29, 1.82) is 0 Å². The summed E-state index contributed by atoms with van der Waals surface area (Å²) in [5.74, 6) is -0.624. The summed E-state index contributed by atoms with van der Waals surface area (Å²) in [7, 11) is 0. The fraction of sp³-hybridized carbons (Fsp3) is 0.846. The predicted molar refractivity (Wildman–Crippen MR) is 127 cm³/mol. The van der Waals surface area contributed by atoms with E-state index in [1.54, 1.807) is 0 Å². The molecule has 5 heteroatoms. The molecule has 0 radical (unpaired) electrons. The molecular formula is C26H48O5. The minimum absolute atomic E-state index is 0.0685. The zero-order chi connectivity index (χ0) is 23.0. The SMILES string of the molecule is CCCCCC/C=C\CCCCCCCC(=O)OC(CO)COC(=O)CCCCCC. The summed E-state index contributed by atoms with van der Waals surface area (Å²) in [6.07, 6.45) is 21.6. The fourth-order valence-corrected chi connectivity index (χ4v) is 3.31. The summed E-state index contributed by atoms with van der Waals surface area (Å²) in [5, 5.41) is 9.34. The van der Waals surface area contributed by atoms with Gasteiger partial charge >= 0.3 is 11.9 Å². The van der Waals surface area contributed by atoms with Crippen LogP contribution in [-0.2, 0) is 19.1 Å². The maximum absolute atomic E-state index is 11.9. The van der Waals surface area contributed by atoms with Gasteiger partial charge in [0.2, 0.25) is 0 Å². The number of carbonyl (C=O) groups excluding carboxylic acids is 2. The predicted octanol–water partition coefficient (Wildman–Crippen LogP) is 6.66. The van der Waals surface area contributed by atoms with Crippen LogP contribution in [0.1, 0.15) is 123 Å². The zero-order valence-corrected chi connectivity index (χ0v) is 20.2. The Balaban J connectivity index is 3.61. The molecule has 0 saturated carbocycles. The number of unbranched alkanes of at least 4 members (excludes halogenated alkanes) is 12. The smallest absolute Gasteiger partial charge is 0.306 e. The average molecular weight is 441 g/mol. The number of hydrogen-bond acceptors (Lipinski definition) is 5. The Kier molecular flexibility index (Phi) is 22.3. The van der Waals surface area contributed by atoms with Crippen LogP contribution in [0.4, 0.5) is 0 Å². The van der Waals surface area contributed by atoms with Gasteiger partial charge in [0.1, 0.15) is 6.61 Å². The van der Waals surface area contributed by atoms with Crippen molar-refractivity contribution < 1.29 is 24.2 Å². The van der Waals surface area contributed by atoms with E-state index >= 15 is 0 Å². The molecule has 1 N–H and O–H groups in total. The number of allylic oxidation sites excluding steroid dienone is 2. The summed E-state index contributed by atoms with van der Waals surface area (Å²) in [4.78, 5) is 23.6. The average Bonchev–Trinajstić information content (AvgIpc) is 2.77. The molecule has 0 saturated heterocycles. The minimum Gasteiger partial charge on any atom is -0.462 e. The van der Waals surface area contributed by atoms with Gasteiger partial charge in [0.05, 0.1) is 6.61 Å². The molecule has 0 bridgehead atoms. The van der Waals surface area contributed by atoms with Crippen LogP contribution < -0.4 is 0 Å². The van der Waals surface area contributed by atoms with Crippen molar-refractivity contribution in [2.24, 2.45) is 0 Å². The first-order valence-corrected chi connectivity index (χ1v) is 12.7. The largest absolute Gasteiger partial charge is 0.462 e. The van der Waals surface area contributed by atoms with Gasteiger partial charge in [-0.05, 0) is 38.5 Å².